The van der Waals surface area contributed by atoms with Crippen molar-refractivity contribution in [3.63, 3.8) is 0 Å². The molecule has 1 heterocycles. The highest BCUT2D eigenvalue weighted by atomic mass is 79.9. The Morgan fingerprint density at radius 1 is 1.21 bits per heavy atom. The molecule has 0 atom stereocenters. The summed E-state index contributed by atoms with van der Waals surface area (Å²) in [6.45, 7) is 6.81. The van der Waals surface area contributed by atoms with E-state index in [1.54, 1.807) is 0 Å². The number of imidazole rings is 1. The van der Waals surface area contributed by atoms with Crippen LogP contribution >= 0.6 is 15.9 Å². The van der Waals surface area contributed by atoms with E-state index in [9.17, 15) is 4.79 Å². The number of halogens is 1. The summed E-state index contributed by atoms with van der Waals surface area (Å²) in [7, 11) is 0. The third kappa shape index (κ3) is 3.41. The number of aryl methyl sites for hydroxylation is 1. The van der Waals surface area contributed by atoms with Gasteiger partial charge in [-0.05, 0) is 30.7 Å². The van der Waals surface area contributed by atoms with E-state index in [1.807, 2.05) is 55.5 Å². The van der Waals surface area contributed by atoms with Crippen molar-refractivity contribution in [3.8, 4) is 0 Å². The van der Waals surface area contributed by atoms with E-state index >= 15 is 0 Å². The summed E-state index contributed by atoms with van der Waals surface area (Å²) < 4.78 is 2.92. The van der Waals surface area contributed by atoms with E-state index in [0.717, 1.165) is 26.9 Å². The summed E-state index contributed by atoms with van der Waals surface area (Å²) >= 11 is 3.41. The molecule has 0 aliphatic rings. The van der Waals surface area contributed by atoms with Crippen LogP contribution in [0, 0.1) is 6.92 Å². The van der Waals surface area contributed by atoms with Crippen molar-refractivity contribution < 1.29 is 4.79 Å². The minimum Gasteiger partial charge on any atom is -0.345 e. The highest BCUT2D eigenvalue weighted by Gasteiger charge is 2.13. The third-order valence-electron chi connectivity index (χ3n) is 3.86. The molecule has 1 aromatic heterocycles. The van der Waals surface area contributed by atoms with Gasteiger partial charge < -0.3 is 9.88 Å². The molecule has 1 amide bonds. The van der Waals surface area contributed by atoms with Gasteiger partial charge in [0.05, 0.1) is 24.1 Å². The van der Waals surface area contributed by atoms with E-state index in [-0.39, 0.29) is 5.91 Å². The van der Waals surface area contributed by atoms with Gasteiger partial charge in [0.2, 0.25) is 0 Å². The van der Waals surface area contributed by atoms with Crippen molar-refractivity contribution in [2.75, 3.05) is 0 Å². The lowest BCUT2D eigenvalue weighted by atomic mass is 10.1. The van der Waals surface area contributed by atoms with Crippen molar-refractivity contribution in [2.45, 2.75) is 20.0 Å². The first kappa shape index (κ1) is 16.5. The van der Waals surface area contributed by atoms with Crippen LogP contribution in [-0.4, -0.2) is 15.5 Å². The van der Waals surface area contributed by atoms with Gasteiger partial charge in [0.25, 0.3) is 5.91 Å². The van der Waals surface area contributed by atoms with E-state index in [2.05, 4.69) is 37.4 Å². The van der Waals surface area contributed by atoms with E-state index < -0.39 is 0 Å². The predicted molar refractivity (Wildman–Crippen MR) is 100 cm³/mol. The zero-order valence-corrected chi connectivity index (χ0v) is 15.0. The number of carbonyl (C=O) groups is 1. The highest BCUT2D eigenvalue weighted by molar-refractivity contribution is 9.11. The summed E-state index contributed by atoms with van der Waals surface area (Å²) in [5.41, 5.74) is 3.58. The molecule has 24 heavy (non-hydrogen) atoms. The molecule has 0 saturated carbocycles. The molecular formula is C19H18BrN3O. The first-order chi connectivity index (χ1) is 11.6. The number of fused-ring (bicyclic) bond motifs is 1. The van der Waals surface area contributed by atoms with Crippen LogP contribution in [0.4, 0.5) is 0 Å². The summed E-state index contributed by atoms with van der Waals surface area (Å²) in [5.74, 6) is 0.711. The maximum atomic E-state index is 12.4. The zero-order valence-electron chi connectivity index (χ0n) is 13.4. The lowest BCUT2D eigenvalue weighted by molar-refractivity contribution is 0.0949. The number of carbonyl (C=O) groups excluding carboxylic acids is 1. The maximum absolute atomic E-state index is 12.4. The van der Waals surface area contributed by atoms with Gasteiger partial charge in [-0.3, -0.25) is 4.79 Å². The number of para-hydroxylation sites is 2. The fourth-order valence-corrected chi connectivity index (χ4v) is 2.94. The number of allylic oxidation sites excluding steroid dienone is 1. The van der Waals surface area contributed by atoms with Gasteiger partial charge in [-0.15, -0.1) is 0 Å². The minimum atomic E-state index is -0.0932. The van der Waals surface area contributed by atoms with E-state index in [0.29, 0.717) is 18.7 Å². The van der Waals surface area contributed by atoms with E-state index in [4.69, 9.17) is 0 Å². The number of benzene rings is 2. The number of nitrogens with zero attached hydrogens (tertiary/aromatic N) is 2. The van der Waals surface area contributed by atoms with Gasteiger partial charge in [-0.2, -0.15) is 0 Å². The predicted octanol–water partition coefficient (Wildman–Crippen LogP) is 4.18. The molecule has 0 unspecified atom stereocenters. The van der Waals surface area contributed by atoms with Gasteiger partial charge in [-0.1, -0.05) is 52.8 Å². The molecule has 5 heteroatoms. The summed E-state index contributed by atoms with van der Waals surface area (Å²) in [6, 6.07) is 15.5. The first-order valence-corrected chi connectivity index (χ1v) is 8.47. The quantitative estimate of drug-likeness (QED) is 0.717. The molecule has 122 valence electrons. The highest BCUT2D eigenvalue weighted by Crippen LogP contribution is 2.19. The van der Waals surface area contributed by atoms with Crippen LogP contribution in [0.2, 0.25) is 0 Å². The lowest BCUT2D eigenvalue weighted by Crippen LogP contribution is -2.25. The second kappa shape index (κ2) is 7.01. The number of aromatic nitrogens is 2. The Kier molecular flexibility index (Phi) is 4.81. The Morgan fingerprint density at radius 3 is 2.67 bits per heavy atom. The fourth-order valence-electron chi connectivity index (χ4n) is 2.69. The normalized spacial score (nSPS) is 10.8. The molecule has 2 aromatic carbocycles. The molecular weight excluding hydrogens is 366 g/mol. The SMILES string of the molecule is C=C(Br)Cn1c(CNC(=O)c2ccccc2C)nc2ccccc21. The molecule has 1 N–H and O–H groups in total. The van der Waals surface area contributed by atoms with Crippen molar-refractivity contribution >= 4 is 32.9 Å². The molecule has 0 aliphatic carbocycles. The summed E-state index contributed by atoms with van der Waals surface area (Å²) in [4.78, 5) is 17.1. The van der Waals surface area contributed by atoms with Crippen LogP contribution in [0.5, 0.6) is 0 Å². The van der Waals surface area contributed by atoms with Gasteiger partial charge in [0.1, 0.15) is 5.82 Å². The van der Waals surface area contributed by atoms with Crippen molar-refractivity contribution in [1.82, 2.24) is 14.9 Å². The van der Waals surface area contributed by atoms with Crippen LogP contribution < -0.4 is 5.32 Å². The molecule has 0 aliphatic heterocycles. The molecule has 0 fully saturated rings. The van der Waals surface area contributed by atoms with Crippen LogP contribution in [0.15, 0.2) is 59.6 Å². The molecule has 3 rings (SSSR count). The zero-order chi connectivity index (χ0) is 17.1. The second-order valence-electron chi connectivity index (χ2n) is 5.62. The van der Waals surface area contributed by atoms with E-state index in [1.165, 1.54) is 0 Å². The Morgan fingerprint density at radius 2 is 1.92 bits per heavy atom. The number of nitrogens with one attached hydrogen (secondary N) is 1. The Hall–Kier alpha value is -2.40. The van der Waals surface area contributed by atoms with Crippen LogP contribution in [0.25, 0.3) is 11.0 Å². The first-order valence-electron chi connectivity index (χ1n) is 7.67. The summed E-state index contributed by atoms with van der Waals surface area (Å²) in [5, 5.41) is 2.96. The Bertz CT molecular complexity index is 914. The van der Waals surface area contributed by atoms with Crippen molar-refractivity contribution in [2.24, 2.45) is 0 Å². The van der Waals surface area contributed by atoms with Gasteiger partial charge in [0.15, 0.2) is 0 Å². The minimum absolute atomic E-state index is 0.0932. The lowest BCUT2D eigenvalue weighted by Gasteiger charge is -2.10. The summed E-state index contributed by atoms with van der Waals surface area (Å²) in [6.07, 6.45) is 0. The largest absolute Gasteiger partial charge is 0.345 e. The average Bonchev–Trinajstić information content (AvgIpc) is 2.90. The van der Waals surface area contributed by atoms with Gasteiger partial charge in [-0.25, -0.2) is 4.98 Å². The maximum Gasteiger partial charge on any atom is 0.251 e. The topological polar surface area (TPSA) is 46.9 Å². The number of rotatable bonds is 5. The Labute approximate surface area is 149 Å². The number of amides is 1. The molecule has 0 saturated heterocycles. The van der Waals surface area contributed by atoms with Crippen molar-refractivity contribution in [1.29, 1.82) is 0 Å². The monoisotopic (exact) mass is 383 g/mol. The Balaban J connectivity index is 1.86. The molecule has 4 nitrogen and oxygen atoms in total. The molecule has 0 spiro atoms. The third-order valence-corrected chi connectivity index (χ3v) is 4.11. The average molecular weight is 384 g/mol. The molecule has 3 aromatic rings. The molecule has 0 radical (unpaired) electrons. The molecule has 0 bridgehead atoms. The van der Waals surface area contributed by atoms with Crippen LogP contribution in [-0.2, 0) is 13.1 Å². The van der Waals surface area contributed by atoms with Crippen molar-refractivity contribution in [3.05, 3.63) is 76.5 Å². The van der Waals surface area contributed by atoms with Gasteiger partial charge >= 0.3 is 0 Å². The van der Waals surface area contributed by atoms with Crippen LogP contribution in [0.3, 0.4) is 0 Å². The fraction of sp³-hybridized carbons (Fsp3) is 0.158. The standard InChI is InChI=1S/C19H18BrN3O/c1-13-7-3-4-8-15(13)19(24)21-11-18-22-16-9-5-6-10-17(16)23(18)12-14(2)20/h3-10H,2,11-12H2,1H3,(H,21,24). The smallest absolute Gasteiger partial charge is 0.251 e. The number of hydrogen-bond acceptors (Lipinski definition) is 2. The van der Waals surface area contributed by atoms with Gasteiger partial charge in [0, 0.05) is 10.0 Å². The number of hydrogen-bond donors (Lipinski definition) is 1. The van der Waals surface area contributed by atoms with Crippen LogP contribution in [0.1, 0.15) is 21.7 Å². The second-order valence-corrected chi connectivity index (χ2v) is 6.74.